The Labute approximate surface area is 860 Å². The molecule has 18 heteroatoms. The maximum absolute atomic E-state index is 17.3. The summed E-state index contributed by atoms with van der Waals surface area (Å²) in [5.74, 6) is 8.43. The number of rotatable bonds is 21. The third-order valence-electron chi connectivity index (χ3n) is 29.1. The molecule has 0 atom stereocenters. The van der Waals surface area contributed by atoms with Gasteiger partial charge in [0, 0.05) is 130 Å². The van der Waals surface area contributed by atoms with Gasteiger partial charge in [-0.25, -0.2) is 0 Å². The van der Waals surface area contributed by atoms with Gasteiger partial charge in [-0.15, -0.1) is 0 Å². The molecule has 3 aliphatic carbocycles. The van der Waals surface area contributed by atoms with Crippen molar-refractivity contribution in [3.8, 4) is 86.2 Å². The Balaban J connectivity index is 0.828. The molecular weight excluding hydrogens is 1840 g/mol. The Hall–Kier alpha value is -16.5. The average Bonchev–Trinajstić information content (AvgIpc) is 0.778. The van der Waals surface area contributed by atoms with Crippen LogP contribution in [0.5, 0.6) is 86.2 Å². The van der Waals surface area contributed by atoms with Gasteiger partial charge in [0.25, 0.3) is 0 Å². The molecule has 0 radical (unpaired) electrons. The van der Waals surface area contributed by atoms with Crippen molar-refractivity contribution >= 4 is 17.3 Å². The Bertz CT molecular complexity index is 6650. The summed E-state index contributed by atoms with van der Waals surface area (Å²) in [5, 5.41) is 0. The van der Waals surface area contributed by atoms with Gasteiger partial charge in [-0.2, -0.15) is 0 Å². The molecule has 0 unspecified atom stereocenters. The van der Waals surface area contributed by atoms with Crippen LogP contribution in [0, 0.1) is 0 Å². The van der Waals surface area contributed by atoms with E-state index in [1.807, 2.05) is 109 Å². The molecule has 18 nitrogen and oxygen atoms in total. The van der Waals surface area contributed by atoms with Crippen molar-refractivity contribution in [1.29, 1.82) is 0 Å². The van der Waals surface area contributed by atoms with Crippen molar-refractivity contribution in [2.45, 2.75) is 96.3 Å². The number of hydrogen-bond acceptors (Lipinski definition) is 18. The molecule has 0 saturated carbocycles. The highest BCUT2D eigenvalue weighted by Crippen LogP contribution is 2.48. The highest BCUT2D eigenvalue weighted by molar-refractivity contribution is 6.17. The highest BCUT2D eigenvalue weighted by atomic mass is 16.5. The van der Waals surface area contributed by atoms with Gasteiger partial charge in [-0.1, -0.05) is 218 Å². The largest absolute Gasteiger partial charge is 0.496 e. The highest BCUT2D eigenvalue weighted by Gasteiger charge is 2.33. The number of fused-ring (bicyclic) bond motifs is 30. The van der Waals surface area contributed by atoms with Crippen molar-refractivity contribution < 1.29 is 85.4 Å². The van der Waals surface area contributed by atoms with Crippen molar-refractivity contribution in [3.63, 3.8) is 0 Å². The number of methoxy groups -OCH3 is 15. The second kappa shape index (κ2) is 44.0. The number of para-hydroxylation sites is 12. The maximum Gasteiger partial charge on any atom is 0.193 e. The summed E-state index contributed by atoms with van der Waals surface area (Å²) in [5.41, 5.74) is 26.7. The lowest BCUT2D eigenvalue weighted by molar-refractivity contribution is 0.103. The minimum atomic E-state index is -0.497. The first kappa shape index (κ1) is 99.3. The number of ketones is 3. The molecule has 0 N–H and O–H groups in total. The fraction of sp³-hybridized carbons (Fsp3) is 0.233. The van der Waals surface area contributed by atoms with Crippen molar-refractivity contribution in [3.05, 3.63) is 473 Å². The van der Waals surface area contributed by atoms with Crippen molar-refractivity contribution in [1.82, 2.24) is 0 Å². The van der Waals surface area contributed by atoms with Crippen LogP contribution in [-0.2, 0) is 96.3 Å². The molecule has 16 aromatic carbocycles. The fourth-order valence-electron chi connectivity index (χ4n) is 23.0. The zero-order valence-corrected chi connectivity index (χ0v) is 85.9. The zero-order valence-electron chi connectivity index (χ0n) is 85.9. The lowest BCUT2D eigenvalue weighted by Gasteiger charge is -2.22. The van der Waals surface area contributed by atoms with E-state index in [9.17, 15) is 0 Å². The van der Waals surface area contributed by atoms with Crippen LogP contribution in [0.1, 0.15) is 215 Å². The van der Waals surface area contributed by atoms with Gasteiger partial charge < -0.3 is 71.1 Å². The number of carbonyl (C=O) groups is 3. The monoisotopic (exact) mass is 1960 g/mol. The second-order valence-electron chi connectivity index (χ2n) is 37.7. The first-order chi connectivity index (χ1) is 71.9. The lowest BCUT2D eigenvalue weighted by Crippen LogP contribution is -2.13. The maximum atomic E-state index is 17.3. The Morgan fingerprint density at radius 3 is 0.286 bits per heavy atom. The third kappa shape index (κ3) is 19.9. The smallest absolute Gasteiger partial charge is 0.193 e. The summed E-state index contributed by atoms with van der Waals surface area (Å²) in [6.45, 7) is 0. The predicted molar refractivity (Wildman–Crippen MR) is 574 cm³/mol. The van der Waals surface area contributed by atoms with Crippen LogP contribution in [0.3, 0.4) is 0 Å². The minimum absolute atomic E-state index is 0.0429. The molecule has 0 spiro atoms. The molecule has 0 heterocycles. The Morgan fingerprint density at radius 2 is 0.197 bits per heavy atom. The molecule has 16 aromatic rings. The normalized spacial score (nSPS) is 12.7. The van der Waals surface area contributed by atoms with Gasteiger partial charge >= 0.3 is 0 Å². The van der Waals surface area contributed by atoms with Gasteiger partial charge in [-0.3, -0.25) is 14.4 Å². The van der Waals surface area contributed by atoms with E-state index >= 15 is 14.4 Å². The summed E-state index contributed by atoms with van der Waals surface area (Å²) in [6.07, 6.45) is 5.60. The van der Waals surface area contributed by atoms with Crippen LogP contribution in [-0.4, -0.2) is 124 Å². The van der Waals surface area contributed by atoms with E-state index in [0.717, 1.165) is 168 Å². The van der Waals surface area contributed by atoms with E-state index in [-0.39, 0.29) is 71.9 Å². The molecular formula is C129H120O18. The fourth-order valence-corrected chi connectivity index (χ4v) is 23.0. The first-order valence-corrected chi connectivity index (χ1v) is 49.5. The van der Waals surface area contributed by atoms with E-state index in [4.69, 9.17) is 71.1 Å². The Morgan fingerprint density at radius 1 is 0.122 bits per heavy atom. The minimum Gasteiger partial charge on any atom is -0.496 e. The molecule has 3 aliphatic rings. The van der Waals surface area contributed by atoms with Crippen molar-refractivity contribution in [2.75, 3.05) is 107 Å². The summed E-state index contributed by atoms with van der Waals surface area (Å²) in [4.78, 5) is 52.0. The van der Waals surface area contributed by atoms with Gasteiger partial charge in [0.2, 0.25) is 0 Å². The molecule has 0 saturated heterocycles. The lowest BCUT2D eigenvalue weighted by atomic mass is 9.86. The van der Waals surface area contributed by atoms with Crippen LogP contribution in [0.15, 0.2) is 273 Å². The summed E-state index contributed by atoms with van der Waals surface area (Å²) in [6, 6.07) is 90.3. The molecule has 30 bridgehead atoms. The van der Waals surface area contributed by atoms with Crippen LogP contribution >= 0.6 is 0 Å². The number of carbonyl (C=O) groups excluding carboxylic acids is 3. The number of hydrogen-bond donors (Lipinski definition) is 0. The van der Waals surface area contributed by atoms with Crippen molar-refractivity contribution in [2.24, 2.45) is 0 Å². The molecule has 147 heavy (non-hydrogen) atoms. The standard InChI is InChI=1S/C129H120O18/c1-133-115-76-28-16-34-82(115)55-88-40-22-46-94(121(88)139-7)61-106-70-103(71-107(127(106)145-13)62-95-47-23-41-89(122(95)140-8)56-83-35-17-29-77(52-76)116(83)134-2)112(130)100-67-101(113(131)104-72-108-63-96-48-24-42-90(123(96)141-9)57-84-36-18-30-78(117(84)135-3)53-79-31-19-37-85(118(79)136-4)58-91-43-25-49-97(124(91)142-10)64-109(73-104)128(108)146-14)69-102(68-100)114(132)105-74-110-65-98-50-26-44-92(125(98)143-11)59-86-38-20-32-80(119(86)137-5)54-81-33-21-39-87(120(81)138-6)60-93-45-27-51-99(126(93)144-12)66-111(75-105)129(110)147-15/h16-51,67-75H,52-66H2,1-15H3. The van der Waals surface area contributed by atoms with Gasteiger partial charge in [0.1, 0.15) is 86.2 Å². The van der Waals surface area contributed by atoms with Crippen LogP contribution in [0.2, 0.25) is 0 Å². The molecule has 0 fully saturated rings. The summed E-state index contributed by atoms with van der Waals surface area (Å²) < 4.78 is 97.6. The molecule has 0 aliphatic heterocycles. The van der Waals surface area contributed by atoms with E-state index in [1.165, 1.54) is 0 Å². The number of benzene rings is 16. The SMILES string of the molecule is COc1c2cccc1Cc1cccc(c1OC)Cc1cc(C(=O)c3cc(C(=O)c4cc5c(OC)c(c4)Cc4cccc(c4OC)Cc4cccc(c4OC)Cc4cccc(c4OC)Cc4cccc(c4OC)C5)cc(C(=O)c4cc5c(OC)c(c4)Cc4cccc(c4OC)Cc4cccc(c4OC)Cc4cccc(c4OC)Cc4cccc(c4OC)C5)c3)cc(c1OC)Cc1cccc(c1OC)Cc1cccc(c1OC)C2. The van der Waals surface area contributed by atoms with Gasteiger partial charge in [0.15, 0.2) is 17.3 Å². The van der Waals surface area contributed by atoms with Crippen LogP contribution in [0.4, 0.5) is 0 Å². The van der Waals surface area contributed by atoms with Gasteiger partial charge in [-0.05, 0) is 222 Å². The van der Waals surface area contributed by atoms with Crippen LogP contribution < -0.4 is 71.1 Å². The quantitative estimate of drug-likeness (QED) is 0.0617. The Kier molecular flexibility index (Phi) is 29.7. The van der Waals surface area contributed by atoms with E-state index in [2.05, 4.69) is 146 Å². The molecule has 19 rings (SSSR count). The van der Waals surface area contributed by atoms with Gasteiger partial charge in [0.05, 0.1) is 107 Å². The predicted octanol–water partition coefficient (Wildman–Crippen LogP) is 24.3. The third-order valence-corrected chi connectivity index (χ3v) is 29.1. The average molecular weight is 1960 g/mol. The zero-order chi connectivity index (χ0) is 102. The first-order valence-electron chi connectivity index (χ1n) is 49.5. The topological polar surface area (TPSA) is 190 Å². The number of ether oxygens (including phenoxy) is 15. The molecule has 744 valence electrons. The second-order valence-corrected chi connectivity index (χ2v) is 37.7. The summed E-state index contributed by atoms with van der Waals surface area (Å²) >= 11 is 0. The van der Waals surface area contributed by atoms with Crippen LogP contribution in [0.25, 0.3) is 0 Å². The molecule has 0 amide bonds. The molecule has 0 aromatic heterocycles. The van der Waals surface area contributed by atoms with E-state index in [0.29, 0.717) is 143 Å². The van der Waals surface area contributed by atoms with E-state index < -0.39 is 17.3 Å². The summed E-state index contributed by atoms with van der Waals surface area (Å²) in [7, 11) is 25.3. The van der Waals surface area contributed by atoms with E-state index in [1.54, 1.807) is 125 Å².